The molecule has 3 aromatic rings. The van der Waals surface area contributed by atoms with E-state index < -0.39 is 0 Å². The van der Waals surface area contributed by atoms with Gasteiger partial charge in [0.2, 0.25) is 0 Å². The second kappa shape index (κ2) is 6.57. The largest absolute Gasteiger partial charge is 0.448 e. The molecule has 0 spiro atoms. The van der Waals surface area contributed by atoms with Crippen LogP contribution in [0.15, 0.2) is 46.5 Å². The van der Waals surface area contributed by atoms with E-state index in [1.165, 1.54) is 23.3 Å². The summed E-state index contributed by atoms with van der Waals surface area (Å²) in [6, 6.07) is 10.4. The lowest BCUT2D eigenvalue weighted by Crippen LogP contribution is -2.46. The average Bonchev–Trinajstić information content (AvgIpc) is 3.30. The number of carbonyl (C=O) groups excluding carboxylic acids is 1. The Labute approximate surface area is 155 Å². The molecule has 26 heavy (non-hydrogen) atoms. The van der Waals surface area contributed by atoms with Gasteiger partial charge < -0.3 is 15.1 Å². The molecular weight excluding hydrogens is 348 g/mol. The summed E-state index contributed by atoms with van der Waals surface area (Å²) >= 11 is 1.46. The monoisotopic (exact) mass is 368 g/mol. The Morgan fingerprint density at radius 1 is 1.27 bits per heavy atom. The molecule has 4 rings (SSSR count). The van der Waals surface area contributed by atoms with Gasteiger partial charge in [-0.25, -0.2) is 9.97 Å². The van der Waals surface area contributed by atoms with Crippen LogP contribution in [0.4, 0.5) is 5.13 Å². The van der Waals surface area contributed by atoms with Gasteiger partial charge in [-0.2, -0.15) is 0 Å². The summed E-state index contributed by atoms with van der Waals surface area (Å²) < 4.78 is 5.18. The highest BCUT2D eigenvalue weighted by atomic mass is 32.1. The predicted octanol–water partition coefficient (Wildman–Crippen LogP) is 3.24. The van der Waals surface area contributed by atoms with Gasteiger partial charge in [0.15, 0.2) is 17.2 Å². The van der Waals surface area contributed by atoms with E-state index >= 15 is 0 Å². The number of carbonyl (C=O) groups is 1. The number of nitrogens with two attached hydrogens (primary N) is 1. The van der Waals surface area contributed by atoms with Crippen molar-refractivity contribution in [2.45, 2.75) is 25.2 Å². The Balaban J connectivity index is 1.63. The van der Waals surface area contributed by atoms with Crippen molar-refractivity contribution in [1.29, 1.82) is 0 Å². The first kappa shape index (κ1) is 16.8. The Morgan fingerprint density at radius 2 is 2.00 bits per heavy atom. The minimum absolute atomic E-state index is 0.0734. The number of rotatable bonds is 3. The second-order valence-corrected chi connectivity index (χ2v) is 7.46. The zero-order valence-corrected chi connectivity index (χ0v) is 15.3. The molecule has 0 atom stereocenters. The Hall–Kier alpha value is -2.67. The van der Waals surface area contributed by atoms with E-state index in [-0.39, 0.29) is 11.3 Å². The summed E-state index contributed by atoms with van der Waals surface area (Å²) in [6.45, 7) is 3.03. The molecule has 1 aromatic carbocycles. The molecule has 0 bridgehead atoms. The normalized spacial score (nSPS) is 16.6. The molecule has 1 aliphatic rings. The van der Waals surface area contributed by atoms with Crippen LogP contribution in [0.1, 0.15) is 40.3 Å². The predicted molar refractivity (Wildman–Crippen MR) is 100 cm³/mol. The quantitative estimate of drug-likeness (QED) is 0.767. The molecular formula is C19H20N4O2S. The van der Waals surface area contributed by atoms with Gasteiger partial charge in [0.1, 0.15) is 5.76 Å². The average molecular weight is 368 g/mol. The van der Waals surface area contributed by atoms with Crippen LogP contribution in [0, 0.1) is 6.92 Å². The van der Waals surface area contributed by atoms with Gasteiger partial charge in [-0.1, -0.05) is 30.3 Å². The Morgan fingerprint density at radius 3 is 2.58 bits per heavy atom. The minimum atomic E-state index is -0.217. The lowest BCUT2D eigenvalue weighted by molar-refractivity contribution is 0.0677. The van der Waals surface area contributed by atoms with E-state index in [9.17, 15) is 4.79 Å². The molecule has 3 heterocycles. The van der Waals surface area contributed by atoms with Gasteiger partial charge in [-0.05, 0) is 25.3 Å². The number of thiazole rings is 1. The van der Waals surface area contributed by atoms with Crippen LogP contribution in [0.2, 0.25) is 0 Å². The number of anilines is 1. The van der Waals surface area contributed by atoms with E-state index in [0.29, 0.717) is 29.7 Å². The third-order valence-electron chi connectivity index (χ3n) is 5.19. The second-order valence-electron chi connectivity index (χ2n) is 6.57. The number of nitrogens with zero attached hydrogens (tertiary/aromatic N) is 3. The molecule has 1 fully saturated rings. The maximum absolute atomic E-state index is 12.7. The third-order valence-corrected chi connectivity index (χ3v) is 5.86. The van der Waals surface area contributed by atoms with Crippen LogP contribution in [0.5, 0.6) is 0 Å². The highest BCUT2D eigenvalue weighted by Gasteiger charge is 2.41. The summed E-state index contributed by atoms with van der Waals surface area (Å²) in [5.41, 5.74) is 8.30. The summed E-state index contributed by atoms with van der Waals surface area (Å²) in [6.07, 6.45) is 2.91. The molecule has 134 valence electrons. The van der Waals surface area contributed by atoms with Gasteiger partial charge in [0.25, 0.3) is 5.91 Å². The standard InChI is InChI=1S/C19H20N4O2S/c1-13-16(21-12-25-13)17(24)23-9-7-19(8-10-23,14-5-3-2-4-6-14)15-11-26-18(20)22-15/h2-6,11-12H,7-10H2,1H3,(H2,20,22). The number of hydrogen-bond donors (Lipinski definition) is 1. The molecule has 1 aliphatic heterocycles. The van der Waals surface area contributed by atoms with Crippen LogP contribution in [-0.4, -0.2) is 33.9 Å². The number of aryl methyl sites for hydroxylation is 1. The number of nitrogen functional groups attached to an aromatic ring is 1. The van der Waals surface area contributed by atoms with Crippen molar-refractivity contribution in [3.63, 3.8) is 0 Å². The zero-order valence-electron chi connectivity index (χ0n) is 14.5. The SMILES string of the molecule is Cc1ocnc1C(=O)N1CCC(c2ccccc2)(c2csc(N)n2)CC1. The van der Waals surface area contributed by atoms with Crippen molar-refractivity contribution in [3.05, 3.63) is 64.8 Å². The Bertz CT molecular complexity index is 911. The lowest BCUT2D eigenvalue weighted by Gasteiger charge is -2.41. The first-order valence-corrected chi connectivity index (χ1v) is 9.44. The first-order chi connectivity index (χ1) is 12.6. The maximum atomic E-state index is 12.7. The number of amides is 1. The minimum Gasteiger partial charge on any atom is -0.448 e. The van der Waals surface area contributed by atoms with Crippen LogP contribution >= 0.6 is 11.3 Å². The topological polar surface area (TPSA) is 85.2 Å². The number of aromatic nitrogens is 2. The molecule has 0 aliphatic carbocycles. The van der Waals surface area contributed by atoms with Crippen molar-refractivity contribution >= 4 is 22.4 Å². The number of piperidine rings is 1. The molecule has 0 unspecified atom stereocenters. The fraction of sp³-hybridized carbons (Fsp3) is 0.316. The molecule has 2 N–H and O–H groups in total. The van der Waals surface area contributed by atoms with Gasteiger partial charge in [-0.15, -0.1) is 11.3 Å². The van der Waals surface area contributed by atoms with Crippen LogP contribution < -0.4 is 5.73 Å². The first-order valence-electron chi connectivity index (χ1n) is 8.56. The van der Waals surface area contributed by atoms with E-state index in [1.807, 2.05) is 28.5 Å². The number of likely N-dealkylation sites (tertiary alicyclic amines) is 1. The smallest absolute Gasteiger partial charge is 0.276 e. The van der Waals surface area contributed by atoms with Crippen LogP contribution in [0.25, 0.3) is 0 Å². The van der Waals surface area contributed by atoms with Crippen molar-refractivity contribution in [2.24, 2.45) is 0 Å². The summed E-state index contributed by atoms with van der Waals surface area (Å²) in [4.78, 5) is 23.2. The van der Waals surface area contributed by atoms with Gasteiger partial charge >= 0.3 is 0 Å². The summed E-state index contributed by atoms with van der Waals surface area (Å²) in [5, 5.41) is 2.62. The third kappa shape index (κ3) is 2.78. The van der Waals surface area contributed by atoms with Crippen molar-refractivity contribution in [2.75, 3.05) is 18.8 Å². The number of hydrogen-bond acceptors (Lipinski definition) is 6. The molecule has 6 nitrogen and oxygen atoms in total. The fourth-order valence-electron chi connectivity index (χ4n) is 3.71. The van der Waals surface area contributed by atoms with E-state index in [0.717, 1.165) is 18.5 Å². The Kier molecular flexibility index (Phi) is 4.24. The molecule has 7 heteroatoms. The van der Waals surface area contributed by atoms with E-state index in [1.54, 1.807) is 6.92 Å². The van der Waals surface area contributed by atoms with Crippen LogP contribution in [0.3, 0.4) is 0 Å². The number of benzene rings is 1. The molecule has 1 amide bonds. The summed E-state index contributed by atoms with van der Waals surface area (Å²) in [7, 11) is 0. The molecule has 0 radical (unpaired) electrons. The van der Waals surface area contributed by atoms with Crippen LogP contribution in [-0.2, 0) is 5.41 Å². The van der Waals surface area contributed by atoms with Crippen molar-refractivity contribution < 1.29 is 9.21 Å². The molecule has 1 saturated heterocycles. The maximum Gasteiger partial charge on any atom is 0.276 e. The molecule has 2 aromatic heterocycles. The van der Waals surface area contributed by atoms with E-state index in [2.05, 4.69) is 22.1 Å². The van der Waals surface area contributed by atoms with Crippen molar-refractivity contribution in [1.82, 2.24) is 14.9 Å². The highest BCUT2D eigenvalue weighted by Crippen LogP contribution is 2.42. The lowest BCUT2D eigenvalue weighted by atomic mass is 9.70. The zero-order chi connectivity index (χ0) is 18.1. The van der Waals surface area contributed by atoms with Gasteiger partial charge in [0, 0.05) is 23.9 Å². The number of oxazole rings is 1. The fourth-order valence-corrected chi connectivity index (χ4v) is 4.37. The van der Waals surface area contributed by atoms with Crippen molar-refractivity contribution in [3.8, 4) is 0 Å². The van der Waals surface area contributed by atoms with Gasteiger partial charge in [0.05, 0.1) is 5.69 Å². The van der Waals surface area contributed by atoms with E-state index in [4.69, 9.17) is 10.2 Å². The molecule has 0 saturated carbocycles. The van der Waals surface area contributed by atoms with Gasteiger partial charge in [-0.3, -0.25) is 4.79 Å². The highest BCUT2D eigenvalue weighted by molar-refractivity contribution is 7.13. The summed E-state index contributed by atoms with van der Waals surface area (Å²) in [5.74, 6) is 0.484.